The number of benzene rings is 2. The van der Waals surface area contributed by atoms with E-state index < -0.39 is 37.6 Å². The van der Waals surface area contributed by atoms with Gasteiger partial charge in [0.15, 0.2) is 9.84 Å². The van der Waals surface area contributed by atoms with Crippen LogP contribution in [0.4, 0.5) is 10.1 Å². The Morgan fingerprint density at radius 3 is 2.51 bits per heavy atom. The quantitative estimate of drug-likeness (QED) is 0.469. The van der Waals surface area contributed by atoms with Gasteiger partial charge in [-0.1, -0.05) is 35.9 Å². The van der Waals surface area contributed by atoms with Crippen molar-refractivity contribution in [2.75, 3.05) is 17.7 Å². The molecule has 1 unspecified atom stereocenters. The molecule has 1 aromatic heterocycles. The van der Waals surface area contributed by atoms with E-state index in [9.17, 15) is 21.6 Å². The molecule has 1 amide bonds. The summed E-state index contributed by atoms with van der Waals surface area (Å²) in [5.74, 6) is -1.30. The van der Waals surface area contributed by atoms with Gasteiger partial charge in [0.1, 0.15) is 11.9 Å². The van der Waals surface area contributed by atoms with Gasteiger partial charge < -0.3 is 4.90 Å². The third-order valence-electron chi connectivity index (χ3n) is 5.35. The van der Waals surface area contributed by atoms with Crippen LogP contribution in [0.3, 0.4) is 0 Å². The zero-order valence-corrected chi connectivity index (χ0v) is 21.5. The van der Waals surface area contributed by atoms with Crippen LogP contribution in [0.5, 0.6) is 0 Å². The van der Waals surface area contributed by atoms with Crippen LogP contribution >= 0.6 is 22.9 Å². The van der Waals surface area contributed by atoms with Crippen LogP contribution in [0.2, 0.25) is 4.34 Å². The Kier molecular flexibility index (Phi) is 7.16. The van der Waals surface area contributed by atoms with Gasteiger partial charge in [0.25, 0.3) is 0 Å². The largest absolute Gasteiger partial charge is 0.308 e. The number of carbonyl (C=O) groups is 1. The molecule has 7 nitrogen and oxygen atoms in total. The van der Waals surface area contributed by atoms with Crippen molar-refractivity contribution in [3.8, 4) is 11.1 Å². The van der Waals surface area contributed by atoms with Crippen molar-refractivity contribution in [1.29, 1.82) is 0 Å². The van der Waals surface area contributed by atoms with Gasteiger partial charge in [0.2, 0.25) is 15.9 Å². The lowest BCUT2D eigenvalue weighted by Gasteiger charge is -2.19. The highest BCUT2D eigenvalue weighted by molar-refractivity contribution is 7.92. The molecule has 1 fully saturated rings. The second-order valence-corrected chi connectivity index (χ2v) is 13.2. The highest BCUT2D eigenvalue weighted by Crippen LogP contribution is 2.32. The first-order valence-electron chi connectivity index (χ1n) is 10.3. The summed E-state index contributed by atoms with van der Waals surface area (Å²) < 4.78 is 66.9. The molecule has 0 aliphatic carbocycles. The maximum absolute atomic E-state index is 15.1. The van der Waals surface area contributed by atoms with E-state index in [0.29, 0.717) is 20.3 Å². The number of thiophene rings is 1. The fourth-order valence-electron chi connectivity index (χ4n) is 3.76. The Labute approximate surface area is 211 Å². The van der Waals surface area contributed by atoms with Crippen LogP contribution in [0.15, 0.2) is 64.9 Å². The summed E-state index contributed by atoms with van der Waals surface area (Å²) in [6, 6.07) is 12.6. The van der Waals surface area contributed by atoms with Gasteiger partial charge in [-0.2, -0.15) is 4.72 Å². The summed E-state index contributed by atoms with van der Waals surface area (Å²) in [5.41, 5.74) is 0.675. The van der Waals surface area contributed by atoms with Crippen molar-refractivity contribution in [2.45, 2.75) is 17.4 Å². The Hall–Kier alpha value is -2.57. The highest BCUT2D eigenvalue weighted by atomic mass is 35.5. The van der Waals surface area contributed by atoms with Crippen molar-refractivity contribution in [3.05, 3.63) is 75.0 Å². The van der Waals surface area contributed by atoms with Gasteiger partial charge >= 0.3 is 0 Å². The number of nitrogens with zero attached hydrogens (tertiary/aromatic N) is 1. The molecule has 0 spiro atoms. The van der Waals surface area contributed by atoms with E-state index in [-0.39, 0.29) is 23.5 Å². The first-order chi connectivity index (χ1) is 16.4. The molecular formula is C23H20ClFN2O5S3. The van der Waals surface area contributed by atoms with Crippen LogP contribution in [0.1, 0.15) is 11.3 Å². The SMILES string of the molecule is CS(=O)(=O)c1ccccc1-c1ccc(N2CCC(NS(=O)(=O)/C=C/c3ccc(Cl)s3)C2=O)c(F)c1. The molecule has 1 aliphatic rings. The molecule has 1 N–H and O–H groups in total. The third kappa shape index (κ3) is 5.81. The highest BCUT2D eigenvalue weighted by Gasteiger charge is 2.36. The topological polar surface area (TPSA) is 101 Å². The molecule has 0 bridgehead atoms. The van der Waals surface area contributed by atoms with Gasteiger partial charge in [0.05, 0.1) is 14.9 Å². The molecule has 1 aliphatic heterocycles. The minimum Gasteiger partial charge on any atom is -0.308 e. The lowest BCUT2D eigenvalue weighted by atomic mass is 10.0. The van der Waals surface area contributed by atoms with Gasteiger partial charge in [-0.15, -0.1) is 11.3 Å². The molecule has 12 heteroatoms. The van der Waals surface area contributed by atoms with Crippen LogP contribution in [-0.2, 0) is 24.7 Å². The summed E-state index contributed by atoms with van der Waals surface area (Å²) in [6.07, 6.45) is 2.61. The molecular weight excluding hydrogens is 535 g/mol. The van der Waals surface area contributed by atoms with E-state index in [2.05, 4.69) is 4.72 Å². The van der Waals surface area contributed by atoms with Gasteiger partial charge in [-0.3, -0.25) is 4.79 Å². The van der Waals surface area contributed by atoms with E-state index >= 15 is 4.39 Å². The predicted octanol–water partition coefficient (Wildman–Crippen LogP) is 4.31. The minimum atomic E-state index is -3.93. The lowest BCUT2D eigenvalue weighted by Crippen LogP contribution is -2.40. The Bertz CT molecular complexity index is 1530. The fourth-order valence-corrected chi connectivity index (χ4v) is 6.74. The standard InChI is InChI=1S/C23H20ClFN2O5S3/c1-34(29,30)21-5-3-2-4-17(21)15-6-8-20(18(25)14-15)27-12-10-19(23(27)28)26-35(31,32)13-11-16-7-9-22(24)33-16/h2-9,11,13-14,19,26H,10,12H2,1H3/b13-11+. The van der Waals surface area contributed by atoms with Crippen LogP contribution in [0.25, 0.3) is 17.2 Å². The maximum atomic E-state index is 15.1. The molecule has 184 valence electrons. The van der Waals surface area contributed by atoms with Gasteiger partial charge in [-0.25, -0.2) is 21.2 Å². The number of hydrogen-bond donors (Lipinski definition) is 1. The van der Waals surface area contributed by atoms with Crippen LogP contribution in [-0.4, -0.2) is 41.6 Å². The van der Waals surface area contributed by atoms with Gasteiger partial charge in [-0.05, 0) is 48.4 Å². The van der Waals surface area contributed by atoms with Crippen molar-refractivity contribution < 1.29 is 26.0 Å². The average Bonchev–Trinajstić information content (AvgIpc) is 3.37. The summed E-state index contributed by atoms with van der Waals surface area (Å²) in [7, 11) is -7.47. The fraction of sp³-hybridized carbons (Fsp3) is 0.174. The van der Waals surface area contributed by atoms with Crippen LogP contribution < -0.4 is 9.62 Å². The average molecular weight is 555 g/mol. The van der Waals surface area contributed by atoms with Crippen LogP contribution in [0, 0.1) is 5.82 Å². The van der Waals surface area contributed by atoms with E-state index in [4.69, 9.17) is 11.6 Å². The zero-order valence-electron chi connectivity index (χ0n) is 18.3. The Morgan fingerprint density at radius 2 is 1.86 bits per heavy atom. The summed E-state index contributed by atoms with van der Waals surface area (Å²) in [5, 5.41) is 0.958. The number of amides is 1. The maximum Gasteiger partial charge on any atom is 0.245 e. The zero-order chi connectivity index (χ0) is 25.4. The van der Waals surface area contributed by atoms with Crippen molar-refractivity contribution in [3.63, 3.8) is 0 Å². The molecule has 3 aromatic rings. The molecule has 1 atom stereocenters. The number of sulfonamides is 1. The number of hydrogen-bond acceptors (Lipinski definition) is 6. The minimum absolute atomic E-state index is 0.0129. The predicted molar refractivity (Wildman–Crippen MR) is 136 cm³/mol. The monoisotopic (exact) mass is 554 g/mol. The van der Waals surface area contributed by atoms with Crippen molar-refractivity contribution in [1.82, 2.24) is 4.72 Å². The third-order valence-corrected chi connectivity index (χ3v) is 8.81. The molecule has 35 heavy (non-hydrogen) atoms. The van der Waals surface area contributed by atoms with E-state index in [0.717, 1.165) is 11.7 Å². The number of sulfone groups is 1. The number of nitrogens with one attached hydrogen (secondary N) is 1. The number of carbonyl (C=O) groups excluding carboxylic acids is 1. The summed E-state index contributed by atoms with van der Waals surface area (Å²) >= 11 is 7.05. The van der Waals surface area contributed by atoms with E-state index in [1.54, 1.807) is 30.3 Å². The first kappa shape index (κ1) is 25.5. The second-order valence-electron chi connectivity index (χ2n) is 7.87. The number of halogens is 2. The normalized spacial score (nSPS) is 16.9. The molecule has 0 radical (unpaired) electrons. The Morgan fingerprint density at radius 1 is 1.11 bits per heavy atom. The van der Waals surface area contributed by atoms with E-state index in [1.807, 2.05) is 0 Å². The molecule has 4 rings (SSSR count). The number of rotatable bonds is 7. The summed E-state index contributed by atoms with van der Waals surface area (Å²) in [4.78, 5) is 14.8. The second kappa shape index (κ2) is 9.82. The molecule has 0 saturated carbocycles. The Balaban J connectivity index is 1.52. The lowest BCUT2D eigenvalue weighted by molar-refractivity contribution is -0.118. The van der Waals surface area contributed by atoms with E-state index in [1.165, 1.54) is 46.6 Å². The van der Waals surface area contributed by atoms with Gasteiger partial charge in [0, 0.05) is 28.6 Å². The van der Waals surface area contributed by atoms with Crippen molar-refractivity contribution >= 4 is 60.5 Å². The number of anilines is 1. The smallest absolute Gasteiger partial charge is 0.245 e. The molecule has 2 aromatic carbocycles. The summed E-state index contributed by atoms with van der Waals surface area (Å²) in [6.45, 7) is 0.118. The molecule has 2 heterocycles. The first-order valence-corrected chi connectivity index (χ1v) is 14.9. The molecule has 1 saturated heterocycles. The van der Waals surface area contributed by atoms with Crippen molar-refractivity contribution in [2.24, 2.45) is 0 Å².